The van der Waals surface area contributed by atoms with Crippen LogP contribution < -0.4 is 10.4 Å². The zero-order valence-corrected chi connectivity index (χ0v) is 13.2. The van der Waals surface area contributed by atoms with Crippen LogP contribution in [0.2, 0.25) is 0 Å². The van der Waals surface area contributed by atoms with Crippen molar-refractivity contribution in [2.24, 2.45) is 0 Å². The quantitative estimate of drug-likeness (QED) is 0.639. The normalized spacial score (nSPS) is 11.8. The summed E-state index contributed by atoms with van der Waals surface area (Å²) in [4.78, 5) is 16.6. The van der Waals surface area contributed by atoms with Crippen molar-refractivity contribution < 1.29 is 8.42 Å². The summed E-state index contributed by atoms with van der Waals surface area (Å²) in [7, 11) is -3.36. The van der Waals surface area contributed by atoms with E-state index in [2.05, 4.69) is 14.7 Å². The van der Waals surface area contributed by atoms with E-state index in [9.17, 15) is 13.2 Å². The first kappa shape index (κ1) is 15.5. The minimum atomic E-state index is -3.36. The van der Waals surface area contributed by atoms with E-state index >= 15 is 0 Å². The second-order valence-corrected chi connectivity index (χ2v) is 7.15. The molecule has 7 heteroatoms. The first-order valence-electron chi connectivity index (χ1n) is 7.24. The number of rotatable bonds is 6. The van der Waals surface area contributed by atoms with Crippen LogP contribution in [0, 0.1) is 0 Å². The lowest BCUT2D eigenvalue weighted by molar-refractivity contribution is 0.581. The summed E-state index contributed by atoms with van der Waals surface area (Å²) in [6.45, 7) is 0.315. The van der Waals surface area contributed by atoms with Gasteiger partial charge in [-0.2, -0.15) is 0 Å². The Balaban J connectivity index is 1.60. The van der Waals surface area contributed by atoms with Crippen molar-refractivity contribution >= 4 is 21.1 Å². The third-order valence-electron chi connectivity index (χ3n) is 3.52. The highest BCUT2D eigenvalue weighted by atomic mass is 32.2. The van der Waals surface area contributed by atoms with Gasteiger partial charge in [-0.25, -0.2) is 17.9 Å². The van der Waals surface area contributed by atoms with Crippen molar-refractivity contribution in [3.05, 3.63) is 70.1 Å². The Labute approximate surface area is 133 Å². The van der Waals surface area contributed by atoms with Gasteiger partial charge in [0.15, 0.2) is 0 Å². The van der Waals surface area contributed by atoms with Gasteiger partial charge in [-0.05, 0) is 29.7 Å². The molecular formula is C16H17N3O3S. The lowest BCUT2D eigenvalue weighted by Gasteiger charge is -2.07. The summed E-state index contributed by atoms with van der Waals surface area (Å²) in [6.07, 6.45) is 0.553. The lowest BCUT2D eigenvalue weighted by atomic mass is 10.1. The molecule has 3 aromatic rings. The van der Waals surface area contributed by atoms with Crippen LogP contribution in [-0.4, -0.2) is 24.9 Å². The number of hydrogen-bond acceptors (Lipinski definition) is 3. The first-order chi connectivity index (χ1) is 11.0. The van der Waals surface area contributed by atoms with Gasteiger partial charge in [0.05, 0.1) is 16.8 Å². The van der Waals surface area contributed by atoms with Gasteiger partial charge in [0.25, 0.3) is 0 Å². The third-order valence-corrected chi connectivity index (χ3v) is 4.87. The molecule has 0 radical (unpaired) electrons. The van der Waals surface area contributed by atoms with Gasteiger partial charge in [0, 0.05) is 6.54 Å². The van der Waals surface area contributed by atoms with Gasteiger partial charge in [0.1, 0.15) is 0 Å². The SMILES string of the molecule is O=c1[nH]c2ccc(CCNS(=O)(=O)Cc3ccccc3)cc2[nH]1. The molecule has 0 aliphatic rings. The largest absolute Gasteiger partial charge is 0.323 e. The molecule has 3 rings (SSSR count). The van der Waals surface area contributed by atoms with Crippen molar-refractivity contribution in [1.29, 1.82) is 0 Å². The minimum absolute atomic E-state index is 0.0298. The van der Waals surface area contributed by atoms with E-state index in [1.165, 1.54) is 0 Å². The average molecular weight is 331 g/mol. The summed E-state index contributed by atoms with van der Waals surface area (Å²) >= 11 is 0. The fourth-order valence-electron chi connectivity index (χ4n) is 2.43. The summed E-state index contributed by atoms with van der Waals surface area (Å²) in [6, 6.07) is 14.6. The van der Waals surface area contributed by atoms with Crippen LogP contribution in [0.15, 0.2) is 53.3 Å². The molecule has 0 fully saturated rings. The van der Waals surface area contributed by atoms with E-state index in [-0.39, 0.29) is 11.4 Å². The fourth-order valence-corrected chi connectivity index (χ4v) is 3.58. The van der Waals surface area contributed by atoms with E-state index in [0.717, 1.165) is 22.2 Å². The molecule has 0 aliphatic carbocycles. The van der Waals surface area contributed by atoms with Crippen LogP contribution in [-0.2, 0) is 22.2 Å². The molecule has 2 aromatic carbocycles. The van der Waals surface area contributed by atoms with Gasteiger partial charge >= 0.3 is 5.69 Å². The second-order valence-electron chi connectivity index (χ2n) is 5.35. The maximum atomic E-state index is 12.0. The molecule has 0 saturated carbocycles. The Morgan fingerprint density at radius 1 is 0.913 bits per heavy atom. The molecule has 0 bridgehead atoms. The summed E-state index contributed by atoms with van der Waals surface area (Å²) in [5.74, 6) is -0.0298. The number of benzene rings is 2. The molecule has 0 amide bonds. The van der Waals surface area contributed by atoms with E-state index in [1.54, 1.807) is 18.2 Å². The number of aromatic nitrogens is 2. The number of fused-ring (bicyclic) bond motifs is 1. The Kier molecular flexibility index (Phi) is 4.31. The topological polar surface area (TPSA) is 94.8 Å². The van der Waals surface area contributed by atoms with E-state index in [0.29, 0.717) is 13.0 Å². The Bertz CT molecular complexity index is 959. The van der Waals surface area contributed by atoms with Crippen LogP contribution in [0.1, 0.15) is 11.1 Å². The molecular weight excluding hydrogens is 314 g/mol. The van der Waals surface area contributed by atoms with Crippen LogP contribution in [0.25, 0.3) is 11.0 Å². The maximum Gasteiger partial charge on any atom is 0.323 e. The molecule has 6 nitrogen and oxygen atoms in total. The van der Waals surface area contributed by atoms with E-state index in [1.807, 2.05) is 30.3 Å². The number of hydrogen-bond donors (Lipinski definition) is 3. The van der Waals surface area contributed by atoms with Crippen LogP contribution >= 0.6 is 0 Å². The average Bonchev–Trinajstić information content (AvgIpc) is 2.87. The van der Waals surface area contributed by atoms with Gasteiger partial charge < -0.3 is 9.97 Å². The third kappa shape index (κ3) is 4.08. The minimum Gasteiger partial charge on any atom is -0.306 e. The van der Waals surface area contributed by atoms with Crippen molar-refractivity contribution in [2.75, 3.05) is 6.54 Å². The number of aromatic amines is 2. The Morgan fingerprint density at radius 3 is 2.43 bits per heavy atom. The van der Waals surface area contributed by atoms with Crippen molar-refractivity contribution in [3.63, 3.8) is 0 Å². The van der Waals surface area contributed by atoms with Gasteiger partial charge in [-0.1, -0.05) is 36.4 Å². The Hall–Kier alpha value is -2.38. The first-order valence-corrected chi connectivity index (χ1v) is 8.89. The highest BCUT2D eigenvalue weighted by Gasteiger charge is 2.10. The van der Waals surface area contributed by atoms with Crippen LogP contribution in [0.5, 0.6) is 0 Å². The smallest absolute Gasteiger partial charge is 0.306 e. The molecule has 1 heterocycles. The van der Waals surface area contributed by atoms with Crippen molar-refractivity contribution in [1.82, 2.24) is 14.7 Å². The number of H-pyrrole nitrogens is 2. The molecule has 0 atom stereocenters. The standard InChI is InChI=1S/C16H17N3O3S/c20-16-18-14-7-6-12(10-15(14)19-16)8-9-17-23(21,22)11-13-4-2-1-3-5-13/h1-7,10,17H,8-9,11H2,(H2,18,19,20). The number of imidazole rings is 1. The van der Waals surface area contributed by atoms with E-state index < -0.39 is 10.0 Å². The molecule has 23 heavy (non-hydrogen) atoms. The molecule has 0 unspecified atom stereocenters. The second kappa shape index (κ2) is 6.39. The number of nitrogens with one attached hydrogen (secondary N) is 3. The molecule has 0 spiro atoms. The fraction of sp³-hybridized carbons (Fsp3) is 0.188. The maximum absolute atomic E-state index is 12.0. The molecule has 1 aromatic heterocycles. The summed E-state index contributed by atoms with van der Waals surface area (Å²) in [5, 5.41) is 0. The molecule has 0 aliphatic heterocycles. The highest BCUT2D eigenvalue weighted by molar-refractivity contribution is 7.88. The van der Waals surface area contributed by atoms with E-state index in [4.69, 9.17) is 0 Å². The molecule has 3 N–H and O–H groups in total. The summed E-state index contributed by atoms with van der Waals surface area (Å²) in [5.41, 5.74) is 2.92. The predicted molar refractivity (Wildman–Crippen MR) is 89.7 cm³/mol. The van der Waals surface area contributed by atoms with Crippen molar-refractivity contribution in [3.8, 4) is 0 Å². The molecule has 0 saturated heterocycles. The number of sulfonamides is 1. The lowest BCUT2D eigenvalue weighted by Crippen LogP contribution is -2.27. The van der Waals surface area contributed by atoms with Gasteiger partial charge in [-0.15, -0.1) is 0 Å². The zero-order chi connectivity index (χ0) is 16.3. The molecule has 120 valence electrons. The predicted octanol–water partition coefficient (Wildman–Crippen LogP) is 1.52. The zero-order valence-electron chi connectivity index (χ0n) is 12.4. The van der Waals surface area contributed by atoms with Crippen LogP contribution in [0.3, 0.4) is 0 Å². The summed E-state index contributed by atoms with van der Waals surface area (Å²) < 4.78 is 26.7. The monoisotopic (exact) mass is 331 g/mol. The van der Waals surface area contributed by atoms with Crippen LogP contribution in [0.4, 0.5) is 0 Å². The van der Waals surface area contributed by atoms with Crippen molar-refractivity contribution in [2.45, 2.75) is 12.2 Å². The van der Waals surface area contributed by atoms with Gasteiger partial charge in [-0.3, -0.25) is 0 Å². The highest BCUT2D eigenvalue weighted by Crippen LogP contribution is 2.10. The van der Waals surface area contributed by atoms with Gasteiger partial charge in [0.2, 0.25) is 10.0 Å². The Morgan fingerprint density at radius 2 is 1.65 bits per heavy atom.